The molecular weight excluding hydrogens is 307 g/mol. The summed E-state index contributed by atoms with van der Waals surface area (Å²) in [6.07, 6.45) is 3.00. The molecule has 5 heteroatoms. The van der Waals surface area contributed by atoms with Gasteiger partial charge in [0.2, 0.25) is 5.91 Å². The van der Waals surface area contributed by atoms with Crippen LogP contribution in [0, 0.1) is 11.8 Å². The summed E-state index contributed by atoms with van der Waals surface area (Å²) < 4.78 is 0. The predicted molar refractivity (Wildman–Crippen MR) is 89.9 cm³/mol. The second kappa shape index (κ2) is 9.29. The Kier molecular flexibility index (Phi) is 8.09. The Labute approximate surface area is 138 Å². The van der Waals surface area contributed by atoms with Crippen LogP contribution in [0.25, 0.3) is 0 Å². The van der Waals surface area contributed by atoms with E-state index in [9.17, 15) is 4.79 Å². The van der Waals surface area contributed by atoms with E-state index in [0.717, 1.165) is 23.7 Å². The summed E-state index contributed by atoms with van der Waals surface area (Å²) in [5, 5.41) is 7.08. The molecule has 1 amide bonds. The summed E-state index contributed by atoms with van der Waals surface area (Å²) in [5.74, 6) is 1.28. The number of hydrogen-bond donors (Lipinski definition) is 2. The minimum absolute atomic E-state index is 0. The van der Waals surface area contributed by atoms with Crippen molar-refractivity contribution in [2.24, 2.45) is 11.8 Å². The number of nitrogens with one attached hydrogen (secondary N) is 2. The number of piperidine rings is 1. The lowest BCUT2D eigenvalue weighted by Crippen LogP contribution is -2.33. The predicted octanol–water partition coefficient (Wildman–Crippen LogP) is 3.40. The van der Waals surface area contributed by atoms with E-state index in [1.807, 2.05) is 24.3 Å². The number of carbonyl (C=O) groups excluding carboxylic acids is 1. The number of benzene rings is 1. The van der Waals surface area contributed by atoms with Gasteiger partial charge in [0.1, 0.15) is 0 Å². The van der Waals surface area contributed by atoms with Gasteiger partial charge in [-0.05, 0) is 55.5 Å². The molecule has 1 aromatic rings. The number of rotatable bonds is 5. The van der Waals surface area contributed by atoms with Crippen LogP contribution in [-0.4, -0.2) is 19.0 Å². The fourth-order valence-electron chi connectivity index (χ4n) is 2.75. The van der Waals surface area contributed by atoms with Crippen molar-refractivity contribution in [3.05, 3.63) is 34.9 Å². The summed E-state index contributed by atoms with van der Waals surface area (Å²) >= 11 is 5.84. The minimum atomic E-state index is 0. The van der Waals surface area contributed by atoms with Crippen molar-refractivity contribution >= 4 is 29.9 Å². The summed E-state index contributed by atoms with van der Waals surface area (Å²) in [6, 6.07) is 7.58. The van der Waals surface area contributed by atoms with Gasteiger partial charge in [0.15, 0.2) is 0 Å². The Morgan fingerprint density at radius 2 is 1.95 bits per heavy atom. The first-order valence-corrected chi connectivity index (χ1v) is 7.75. The molecule has 2 rings (SSSR count). The van der Waals surface area contributed by atoms with Crippen LogP contribution in [0.15, 0.2) is 24.3 Å². The zero-order chi connectivity index (χ0) is 14.4. The molecule has 3 nitrogen and oxygen atoms in total. The number of carbonyl (C=O) groups is 1. The van der Waals surface area contributed by atoms with E-state index in [1.165, 1.54) is 12.8 Å². The lowest BCUT2D eigenvalue weighted by molar-refractivity contribution is -0.122. The number of hydrogen-bond acceptors (Lipinski definition) is 2. The molecule has 0 bridgehead atoms. The molecule has 1 fully saturated rings. The van der Waals surface area contributed by atoms with E-state index in [0.29, 0.717) is 24.8 Å². The van der Waals surface area contributed by atoms with E-state index in [2.05, 4.69) is 17.6 Å². The zero-order valence-electron chi connectivity index (χ0n) is 12.4. The maximum atomic E-state index is 12.0. The maximum Gasteiger partial charge on any atom is 0.220 e. The molecule has 0 saturated carbocycles. The summed E-state index contributed by atoms with van der Waals surface area (Å²) in [7, 11) is 0. The van der Waals surface area contributed by atoms with Gasteiger partial charge in [0.05, 0.1) is 0 Å². The lowest BCUT2D eigenvalue weighted by Gasteiger charge is -2.27. The van der Waals surface area contributed by atoms with Crippen LogP contribution in [0.1, 0.15) is 31.7 Å². The molecule has 118 valence electrons. The minimum Gasteiger partial charge on any atom is -0.352 e. The molecule has 1 heterocycles. The van der Waals surface area contributed by atoms with Crippen molar-refractivity contribution < 1.29 is 4.79 Å². The van der Waals surface area contributed by atoms with Gasteiger partial charge in [-0.25, -0.2) is 0 Å². The van der Waals surface area contributed by atoms with Crippen LogP contribution >= 0.6 is 24.0 Å². The fraction of sp³-hybridized carbons (Fsp3) is 0.562. The first-order chi connectivity index (χ1) is 9.65. The normalized spacial score (nSPS) is 16.9. The van der Waals surface area contributed by atoms with Crippen LogP contribution in [0.2, 0.25) is 5.02 Å². The van der Waals surface area contributed by atoms with Gasteiger partial charge in [-0.1, -0.05) is 30.7 Å². The van der Waals surface area contributed by atoms with Crippen LogP contribution in [0.3, 0.4) is 0 Å². The molecule has 21 heavy (non-hydrogen) atoms. The average Bonchev–Trinajstić information content (AvgIpc) is 2.47. The molecule has 0 spiro atoms. The topological polar surface area (TPSA) is 41.1 Å². The largest absolute Gasteiger partial charge is 0.352 e. The molecule has 1 unspecified atom stereocenters. The van der Waals surface area contributed by atoms with Crippen LogP contribution in [-0.2, 0) is 11.3 Å². The molecule has 1 aliphatic rings. The SMILES string of the molecule is CC(CC(=O)NCc1ccc(Cl)cc1)C1CCNCC1.Cl. The molecular formula is C16H24Cl2N2O. The van der Waals surface area contributed by atoms with Crippen molar-refractivity contribution in [3.8, 4) is 0 Å². The lowest BCUT2D eigenvalue weighted by atomic mass is 9.84. The van der Waals surface area contributed by atoms with E-state index in [-0.39, 0.29) is 18.3 Å². The Bertz CT molecular complexity index is 430. The highest BCUT2D eigenvalue weighted by Gasteiger charge is 2.21. The standard InChI is InChI=1S/C16H23ClN2O.ClH/c1-12(14-6-8-18-9-7-14)10-16(20)19-11-13-2-4-15(17)5-3-13;/h2-5,12,14,18H,6-11H2,1H3,(H,19,20);1H. The highest BCUT2D eigenvalue weighted by molar-refractivity contribution is 6.30. The molecule has 0 radical (unpaired) electrons. The van der Waals surface area contributed by atoms with Crippen molar-refractivity contribution in [2.75, 3.05) is 13.1 Å². The Hall–Kier alpha value is -0.770. The van der Waals surface area contributed by atoms with E-state index >= 15 is 0 Å². The van der Waals surface area contributed by atoms with Crippen LogP contribution in [0.5, 0.6) is 0 Å². The average molecular weight is 331 g/mol. The van der Waals surface area contributed by atoms with Crippen molar-refractivity contribution in [1.82, 2.24) is 10.6 Å². The third-order valence-corrected chi connectivity index (χ3v) is 4.35. The second-order valence-corrected chi connectivity index (χ2v) is 6.11. The maximum absolute atomic E-state index is 12.0. The highest BCUT2D eigenvalue weighted by Crippen LogP contribution is 2.24. The molecule has 1 atom stereocenters. The Morgan fingerprint density at radius 3 is 2.57 bits per heavy atom. The van der Waals surface area contributed by atoms with Gasteiger partial charge in [0.25, 0.3) is 0 Å². The first kappa shape index (κ1) is 18.3. The molecule has 0 aromatic heterocycles. The quantitative estimate of drug-likeness (QED) is 0.868. The van der Waals surface area contributed by atoms with E-state index in [1.54, 1.807) is 0 Å². The molecule has 2 N–H and O–H groups in total. The third-order valence-electron chi connectivity index (χ3n) is 4.10. The molecule has 1 saturated heterocycles. The van der Waals surface area contributed by atoms with Crippen LogP contribution in [0.4, 0.5) is 0 Å². The van der Waals surface area contributed by atoms with Crippen molar-refractivity contribution in [3.63, 3.8) is 0 Å². The van der Waals surface area contributed by atoms with Crippen molar-refractivity contribution in [1.29, 1.82) is 0 Å². The number of amides is 1. The smallest absolute Gasteiger partial charge is 0.220 e. The van der Waals surface area contributed by atoms with Gasteiger partial charge in [-0.2, -0.15) is 0 Å². The second-order valence-electron chi connectivity index (χ2n) is 5.67. The summed E-state index contributed by atoms with van der Waals surface area (Å²) in [6.45, 7) is 4.94. The van der Waals surface area contributed by atoms with Crippen molar-refractivity contribution in [2.45, 2.75) is 32.7 Å². The van der Waals surface area contributed by atoms with Crippen LogP contribution < -0.4 is 10.6 Å². The van der Waals surface area contributed by atoms with Gasteiger partial charge in [0, 0.05) is 18.0 Å². The molecule has 0 aliphatic carbocycles. The zero-order valence-corrected chi connectivity index (χ0v) is 14.0. The summed E-state index contributed by atoms with van der Waals surface area (Å²) in [4.78, 5) is 12.0. The van der Waals surface area contributed by atoms with E-state index in [4.69, 9.17) is 11.6 Å². The Balaban J connectivity index is 0.00000220. The van der Waals surface area contributed by atoms with Gasteiger partial charge in [-0.15, -0.1) is 12.4 Å². The van der Waals surface area contributed by atoms with Gasteiger partial charge < -0.3 is 10.6 Å². The first-order valence-electron chi connectivity index (χ1n) is 7.37. The molecule has 1 aromatic carbocycles. The van der Waals surface area contributed by atoms with E-state index < -0.39 is 0 Å². The highest BCUT2D eigenvalue weighted by atomic mass is 35.5. The third kappa shape index (κ3) is 6.25. The number of halogens is 2. The summed E-state index contributed by atoms with van der Waals surface area (Å²) in [5.41, 5.74) is 1.08. The van der Waals surface area contributed by atoms with Gasteiger partial charge >= 0.3 is 0 Å². The fourth-order valence-corrected chi connectivity index (χ4v) is 2.87. The van der Waals surface area contributed by atoms with Gasteiger partial charge in [-0.3, -0.25) is 4.79 Å². The molecule has 1 aliphatic heterocycles. The Morgan fingerprint density at radius 1 is 1.33 bits per heavy atom. The monoisotopic (exact) mass is 330 g/mol.